The van der Waals surface area contributed by atoms with Crippen molar-refractivity contribution in [3.8, 4) is 0 Å². The quantitative estimate of drug-likeness (QED) is 0.832. The second-order valence-electron chi connectivity index (χ2n) is 4.51. The Hall–Kier alpha value is -1.49. The number of hydrogen-bond donors (Lipinski definition) is 0. The lowest BCUT2D eigenvalue weighted by Crippen LogP contribution is -2.22. The standard InChI is InChI=1S/C13H14FN3S/c1-9-15-16-13(18-9)17-8-2-3-12(17)10-4-6-11(14)7-5-10/h4-7,12H,2-3,8H2,1H3. The van der Waals surface area contributed by atoms with Crippen LogP contribution in [0.3, 0.4) is 0 Å². The molecule has 0 aliphatic carbocycles. The highest BCUT2D eigenvalue weighted by Gasteiger charge is 2.28. The zero-order valence-corrected chi connectivity index (χ0v) is 11.0. The first-order valence-corrected chi connectivity index (χ1v) is 6.88. The van der Waals surface area contributed by atoms with Crippen molar-refractivity contribution in [2.75, 3.05) is 11.4 Å². The Morgan fingerprint density at radius 2 is 2.06 bits per heavy atom. The molecular formula is C13H14FN3S. The molecule has 1 aliphatic rings. The minimum absolute atomic E-state index is 0.185. The van der Waals surface area contributed by atoms with Crippen LogP contribution in [-0.4, -0.2) is 16.7 Å². The van der Waals surface area contributed by atoms with E-state index in [1.807, 2.05) is 19.1 Å². The van der Waals surface area contributed by atoms with Gasteiger partial charge < -0.3 is 4.90 Å². The molecule has 5 heteroatoms. The van der Waals surface area contributed by atoms with Gasteiger partial charge in [0, 0.05) is 6.54 Å². The van der Waals surface area contributed by atoms with Crippen molar-refractivity contribution in [3.05, 3.63) is 40.7 Å². The molecule has 2 heterocycles. The summed E-state index contributed by atoms with van der Waals surface area (Å²) in [6.45, 7) is 2.96. The first-order valence-electron chi connectivity index (χ1n) is 6.06. The maximum absolute atomic E-state index is 13.0. The van der Waals surface area contributed by atoms with Gasteiger partial charge in [0.2, 0.25) is 5.13 Å². The number of hydrogen-bond acceptors (Lipinski definition) is 4. The Kier molecular flexibility index (Phi) is 2.99. The number of aromatic nitrogens is 2. The topological polar surface area (TPSA) is 29.0 Å². The Morgan fingerprint density at radius 3 is 2.72 bits per heavy atom. The van der Waals surface area contributed by atoms with E-state index >= 15 is 0 Å². The lowest BCUT2D eigenvalue weighted by molar-refractivity contribution is 0.624. The number of aryl methyl sites for hydroxylation is 1. The van der Waals surface area contributed by atoms with Crippen LogP contribution in [0.15, 0.2) is 24.3 Å². The zero-order chi connectivity index (χ0) is 12.5. The van der Waals surface area contributed by atoms with Crippen LogP contribution in [0.1, 0.15) is 29.5 Å². The molecule has 0 saturated carbocycles. The smallest absolute Gasteiger partial charge is 0.208 e. The summed E-state index contributed by atoms with van der Waals surface area (Å²) in [5.74, 6) is -0.185. The summed E-state index contributed by atoms with van der Waals surface area (Å²) < 4.78 is 13.0. The van der Waals surface area contributed by atoms with Gasteiger partial charge in [-0.1, -0.05) is 23.5 Å². The second-order valence-corrected chi connectivity index (χ2v) is 5.67. The molecule has 2 aromatic rings. The molecule has 1 aliphatic heterocycles. The molecule has 0 bridgehead atoms. The molecule has 0 spiro atoms. The minimum Gasteiger partial charge on any atom is -0.340 e. The first kappa shape index (κ1) is 11.6. The summed E-state index contributed by atoms with van der Waals surface area (Å²) in [6, 6.07) is 7.09. The highest BCUT2D eigenvalue weighted by Crippen LogP contribution is 2.37. The Labute approximate surface area is 109 Å². The van der Waals surface area contributed by atoms with Gasteiger partial charge in [-0.15, -0.1) is 10.2 Å². The van der Waals surface area contributed by atoms with Gasteiger partial charge in [-0.25, -0.2) is 4.39 Å². The van der Waals surface area contributed by atoms with Gasteiger partial charge in [-0.3, -0.25) is 0 Å². The fourth-order valence-corrected chi connectivity index (χ4v) is 3.19. The van der Waals surface area contributed by atoms with Crippen molar-refractivity contribution in [1.82, 2.24) is 10.2 Å². The fourth-order valence-electron chi connectivity index (χ4n) is 2.43. The molecule has 0 radical (unpaired) electrons. The van der Waals surface area contributed by atoms with Crippen LogP contribution in [0.25, 0.3) is 0 Å². The average molecular weight is 263 g/mol. The van der Waals surface area contributed by atoms with Gasteiger partial charge in [-0.2, -0.15) is 0 Å². The van der Waals surface area contributed by atoms with E-state index < -0.39 is 0 Å². The molecule has 0 amide bonds. The van der Waals surface area contributed by atoms with Crippen molar-refractivity contribution in [2.24, 2.45) is 0 Å². The summed E-state index contributed by atoms with van der Waals surface area (Å²) in [6.07, 6.45) is 2.23. The lowest BCUT2D eigenvalue weighted by Gasteiger charge is -2.23. The van der Waals surface area contributed by atoms with E-state index in [4.69, 9.17) is 0 Å². The first-order chi connectivity index (χ1) is 8.74. The largest absolute Gasteiger partial charge is 0.340 e. The van der Waals surface area contributed by atoms with Crippen molar-refractivity contribution in [3.63, 3.8) is 0 Å². The monoisotopic (exact) mass is 263 g/mol. The number of rotatable bonds is 2. The van der Waals surface area contributed by atoms with E-state index in [0.29, 0.717) is 6.04 Å². The third-order valence-electron chi connectivity index (χ3n) is 3.27. The van der Waals surface area contributed by atoms with E-state index in [1.165, 1.54) is 12.1 Å². The van der Waals surface area contributed by atoms with Crippen LogP contribution in [-0.2, 0) is 0 Å². The summed E-state index contributed by atoms with van der Waals surface area (Å²) in [5.41, 5.74) is 1.15. The number of halogens is 1. The Bertz CT molecular complexity index is 537. The molecule has 1 fully saturated rings. The maximum Gasteiger partial charge on any atom is 0.208 e. The van der Waals surface area contributed by atoms with Crippen molar-refractivity contribution in [2.45, 2.75) is 25.8 Å². The van der Waals surface area contributed by atoms with Crippen LogP contribution in [0.2, 0.25) is 0 Å². The van der Waals surface area contributed by atoms with Crippen LogP contribution in [0, 0.1) is 12.7 Å². The maximum atomic E-state index is 13.0. The summed E-state index contributed by atoms with van der Waals surface area (Å²) in [4.78, 5) is 2.28. The van der Waals surface area contributed by atoms with Gasteiger partial charge in [0.25, 0.3) is 0 Å². The molecule has 3 nitrogen and oxygen atoms in total. The van der Waals surface area contributed by atoms with Gasteiger partial charge in [0.05, 0.1) is 6.04 Å². The van der Waals surface area contributed by atoms with Crippen LogP contribution < -0.4 is 4.90 Å². The molecule has 1 atom stereocenters. The van der Waals surface area contributed by atoms with E-state index in [2.05, 4.69) is 15.1 Å². The van der Waals surface area contributed by atoms with Crippen LogP contribution >= 0.6 is 11.3 Å². The third kappa shape index (κ3) is 2.10. The third-order valence-corrected chi connectivity index (χ3v) is 4.14. The van der Waals surface area contributed by atoms with E-state index in [-0.39, 0.29) is 5.82 Å². The normalized spacial score (nSPS) is 19.4. The van der Waals surface area contributed by atoms with E-state index in [9.17, 15) is 4.39 Å². The van der Waals surface area contributed by atoms with Crippen molar-refractivity contribution >= 4 is 16.5 Å². The Morgan fingerprint density at radius 1 is 1.28 bits per heavy atom. The van der Waals surface area contributed by atoms with Crippen molar-refractivity contribution < 1.29 is 4.39 Å². The summed E-state index contributed by atoms with van der Waals surface area (Å²) in [5, 5.41) is 10.2. The molecule has 1 unspecified atom stereocenters. The lowest BCUT2D eigenvalue weighted by atomic mass is 10.1. The highest BCUT2D eigenvalue weighted by atomic mass is 32.1. The highest BCUT2D eigenvalue weighted by molar-refractivity contribution is 7.15. The molecule has 18 heavy (non-hydrogen) atoms. The van der Waals surface area contributed by atoms with Gasteiger partial charge in [0.1, 0.15) is 10.8 Å². The predicted octanol–water partition coefficient (Wildman–Crippen LogP) is 3.33. The molecular weight excluding hydrogens is 249 g/mol. The Balaban J connectivity index is 1.89. The molecule has 3 rings (SSSR count). The van der Waals surface area contributed by atoms with Crippen LogP contribution in [0.4, 0.5) is 9.52 Å². The zero-order valence-electron chi connectivity index (χ0n) is 10.1. The molecule has 0 N–H and O–H groups in total. The summed E-state index contributed by atoms with van der Waals surface area (Å²) >= 11 is 1.62. The number of nitrogens with zero attached hydrogens (tertiary/aromatic N) is 3. The SMILES string of the molecule is Cc1nnc(N2CCCC2c2ccc(F)cc2)s1. The van der Waals surface area contributed by atoms with E-state index in [0.717, 1.165) is 35.1 Å². The average Bonchev–Trinajstić information content (AvgIpc) is 2.98. The van der Waals surface area contributed by atoms with E-state index in [1.54, 1.807) is 11.3 Å². The van der Waals surface area contributed by atoms with Gasteiger partial charge >= 0.3 is 0 Å². The number of benzene rings is 1. The molecule has 94 valence electrons. The molecule has 1 aromatic carbocycles. The van der Waals surface area contributed by atoms with Crippen LogP contribution in [0.5, 0.6) is 0 Å². The minimum atomic E-state index is -0.185. The van der Waals surface area contributed by atoms with Crippen molar-refractivity contribution in [1.29, 1.82) is 0 Å². The van der Waals surface area contributed by atoms with Gasteiger partial charge in [0.15, 0.2) is 0 Å². The predicted molar refractivity (Wildman–Crippen MR) is 70.4 cm³/mol. The molecule has 1 saturated heterocycles. The summed E-state index contributed by atoms with van der Waals surface area (Å²) in [7, 11) is 0. The van der Waals surface area contributed by atoms with Gasteiger partial charge in [-0.05, 0) is 37.5 Å². The fraction of sp³-hybridized carbons (Fsp3) is 0.385. The number of anilines is 1. The molecule has 1 aromatic heterocycles. The second kappa shape index (κ2) is 4.65.